The third-order valence-electron chi connectivity index (χ3n) is 7.99. The zero-order chi connectivity index (χ0) is 17.1. The van der Waals surface area contributed by atoms with Crippen LogP contribution in [0.1, 0.15) is 72.1 Å². The van der Waals surface area contributed by atoms with Gasteiger partial charge < -0.3 is 5.32 Å². The Labute approximate surface area is 145 Å². The summed E-state index contributed by atoms with van der Waals surface area (Å²) in [6.07, 6.45) is 11.0. The first-order chi connectivity index (χ1) is 11.4. The summed E-state index contributed by atoms with van der Waals surface area (Å²) in [5.74, 6) is 1.52. The molecule has 0 saturated heterocycles. The normalized spacial score (nSPS) is 45.0. The van der Waals surface area contributed by atoms with Gasteiger partial charge in [0.1, 0.15) is 5.78 Å². The van der Waals surface area contributed by atoms with Crippen LogP contribution in [0.4, 0.5) is 0 Å². The minimum absolute atomic E-state index is 0.0658. The molecule has 3 nitrogen and oxygen atoms in total. The Balaban J connectivity index is 1.61. The summed E-state index contributed by atoms with van der Waals surface area (Å²) in [7, 11) is 0. The fraction of sp³-hybridized carbons (Fsp3) is 0.810. The lowest BCUT2D eigenvalue weighted by Gasteiger charge is -2.40. The number of ketones is 1. The van der Waals surface area contributed by atoms with Crippen LogP contribution in [0.2, 0.25) is 0 Å². The molecule has 4 rings (SSSR count). The molecule has 0 heterocycles. The van der Waals surface area contributed by atoms with Gasteiger partial charge in [0, 0.05) is 23.5 Å². The summed E-state index contributed by atoms with van der Waals surface area (Å²) in [5, 5.41) is 3.28. The SMILES string of the molecule is C[C@@H]1CC(=O)[C@]23C1CC[C@@]2(C)C=C(C(=O)NC1CCCCC1)[C@H]3C. The van der Waals surface area contributed by atoms with Gasteiger partial charge in [0.2, 0.25) is 5.91 Å². The van der Waals surface area contributed by atoms with E-state index in [0.717, 1.165) is 31.3 Å². The van der Waals surface area contributed by atoms with E-state index in [0.29, 0.717) is 30.1 Å². The summed E-state index contributed by atoms with van der Waals surface area (Å²) >= 11 is 0. The van der Waals surface area contributed by atoms with Crippen LogP contribution in [-0.4, -0.2) is 17.7 Å². The zero-order valence-corrected chi connectivity index (χ0v) is 15.4. The van der Waals surface area contributed by atoms with Gasteiger partial charge in [-0.05, 0) is 48.9 Å². The van der Waals surface area contributed by atoms with Crippen molar-refractivity contribution in [2.75, 3.05) is 0 Å². The number of hydrogen-bond donors (Lipinski definition) is 1. The zero-order valence-electron chi connectivity index (χ0n) is 15.4. The molecule has 4 aliphatic rings. The first-order valence-corrected chi connectivity index (χ1v) is 9.97. The molecule has 132 valence electrons. The Morgan fingerprint density at radius 3 is 2.58 bits per heavy atom. The second kappa shape index (κ2) is 5.44. The molecular weight excluding hydrogens is 298 g/mol. The minimum Gasteiger partial charge on any atom is -0.350 e. The topological polar surface area (TPSA) is 46.2 Å². The molecule has 3 saturated carbocycles. The number of carbonyl (C=O) groups excluding carboxylic acids is 2. The van der Waals surface area contributed by atoms with Gasteiger partial charge in [-0.1, -0.05) is 46.1 Å². The van der Waals surface area contributed by atoms with Crippen molar-refractivity contribution in [3.8, 4) is 0 Å². The smallest absolute Gasteiger partial charge is 0.247 e. The van der Waals surface area contributed by atoms with E-state index in [1.807, 2.05) is 0 Å². The number of rotatable bonds is 2. The van der Waals surface area contributed by atoms with Gasteiger partial charge in [-0.25, -0.2) is 0 Å². The van der Waals surface area contributed by atoms with Crippen LogP contribution < -0.4 is 5.32 Å². The predicted molar refractivity (Wildman–Crippen MR) is 94.3 cm³/mol. The van der Waals surface area contributed by atoms with Crippen molar-refractivity contribution in [3.05, 3.63) is 11.6 Å². The van der Waals surface area contributed by atoms with Crippen LogP contribution in [0.3, 0.4) is 0 Å². The predicted octanol–water partition coefficient (Wildman–Crippen LogP) is 4.02. The molecule has 1 unspecified atom stereocenters. The quantitative estimate of drug-likeness (QED) is 0.831. The fourth-order valence-electron chi connectivity index (χ4n) is 6.92. The van der Waals surface area contributed by atoms with Crippen molar-refractivity contribution in [3.63, 3.8) is 0 Å². The molecule has 0 aromatic rings. The lowest BCUT2D eigenvalue weighted by atomic mass is 9.60. The number of Topliss-reactive ketones (excluding diaryl/α,β-unsaturated/α-hetero) is 1. The first-order valence-electron chi connectivity index (χ1n) is 9.97. The third-order valence-corrected chi connectivity index (χ3v) is 7.99. The van der Waals surface area contributed by atoms with Crippen molar-refractivity contribution < 1.29 is 9.59 Å². The van der Waals surface area contributed by atoms with E-state index in [4.69, 9.17) is 0 Å². The molecule has 4 aliphatic carbocycles. The van der Waals surface area contributed by atoms with E-state index in [1.165, 1.54) is 19.3 Å². The van der Waals surface area contributed by atoms with Crippen LogP contribution in [0.15, 0.2) is 11.6 Å². The molecule has 1 N–H and O–H groups in total. The van der Waals surface area contributed by atoms with Crippen molar-refractivity contribution in [1.29, 1.82) is 0 Å². The summed E-state index contributed by atoms with van der Waals surface area (Å²) in [6, 6.07) is 0.332. The van der Waals surface area contributed by atoms with Gasteiger partial charge in [-0.2, -0.15) is 0 Å². The molecule has 0 aliphatic heterocycles. The van der Waals surface area contributed by atoms with Crippen LogP contribution in [0.5, 0.6) is 0 Å². The maximum atomic E-state index is 13.1. The Hall–Kier alpha value is -1.12. The lowest BCUT2D eigenvalue weighted by molar-refractivity contribution is -0.133. The van der Waals surface area contributed by atoms with Gasteiger partial charge in [0.15, 0.2) is 0 Å². The first kappa shape index (κ1) is 16.4. The molecular formula is C21H31NO2. The van der Waals surface area contributed by atoms with Crippen LogP contribution in [0.25, 0.3) is 0 Å². The fourth-order valence-corrected chi connectivity index (χ4v) is 6.92. The number of hydrogen-bond acceptors (Lipinski definition) is 2. The molecule has 0 aromatic carbocycles. The number of nitrogens with one attached hydrogen (secondary N) is 1. The van der Waals surface area contributed by atoms with Crippen molar-refractivity contribution >= 4 is 11.7 Å². The van der Waals surface area contributed by atoms with Gasteiger partial charge in [-0.3, -0.25) is 9.59 Å². The average Bonchev–Trinajstić information content (AvgIpc) is 3.08. The Morgan fingerprint density at radius 2 is 1.88 bits per heavy atom. The van der Waals surface area contributed by atoms with Gasteiger partial charge in [-0.15, -0.1) is 0 Å². The largest absolute Gasteiger partial charge is 0.350 e. The maximum Gasteiger partial charge on any atom is 0.247 e. The number of allylic oxidation sites excluding steroid dienone is 1. The van der Waals surface area contributed by atoms with Crippen LogP contribution in [-0.2, 0) is 9.59 Å². The van der Waals surface area contributed by atoms with Crippen LogP contribution in [0, 0.1) is 28.6 Å². The second-order valence-corrected chi connectivity index (χ2v) is 9.17. The summed E-state index contributed by atoms with van der Waals surface area (Å²) in [5.41, 5.74) is 0.485. The van der Waals surface area contributed by atoms with E-state index in [9.17, 15) is 9.59 Å². The van der Waals surface area contributed by atoms with E-state index >= 15 is 0 Å². The lowest BCUT2D eigenvalue weighted by Crippen LogP contribution is -2.45. The summed E-state index contributed by atoms with van der Waals surface area (Å²) < 4.78 is 0. The molecule has 3 heteroatoms. The van der Waals surface area contributed by atoms with Crippen molar-refractivity contribution in [2.24, 2.45) is 28.6 Å². The number of amides is 1. The standard InChI is InChI=1S/C21H31NO2/c1-13-11-18(23)21-14(2)16(12-20(21,3)10-9-17(13)21)19(24)22-15-7-5-4-6-8-15/h12-15,17H,4-11H2,1-3H3,(H,22,24)/t13-,14-,17?,20+,21+/m1/s1. The molecule has 5 atom stereocenters. The van der Waals surface area contributed by atoms with Gasteiger partial charge in [0.05, 0.1) is 0 Å². The Morgan fingerprint density at radius 1 is 1.17 bits per heavy atom. The van der Waals surface area contributed by atoms with Crippen molar-refractivity contribution in [1.82, 2.24) is 5.32 Å². The Kier molecular flexibility index (Phi) is 3.71. The average molecular weight is 329 g/mol. The van der Waals surface area contributed by atoms with E-state index < -0.39 is 0 Å². The molecule has 1 spiro atoms. The van der Waals surface area contributed by atoms with E-state index in [-0.39, 0.29) is 22.7 Å². The van der Waals surface area contributed by atoms with E-state index in [2.05, 4.69) is 32.2 Å². The van der Waals surface area contributed by atoms with Gasteiger partial charge >= 0.3 is 0 Å². The number of carbonyl (C=O) groups is 2. The summed E-state index contributed by atoms with van der Waals surface area (Å²) in [6.45, 7) is 6.61. The molecule has 0 aromatic heterocycles. The van der Waals surface area contributed by atoms with Crippen molar-refractivity contribution in [2.45, 2.75) is 78.2 Å². The highest BCUT2D eigenvalue weighted by Crippen LogP contribution is 2.71. The Bertz CT molecular complexity index is 603. The molecule has 0 radical (unpaired) electrons. The van der Waals surface area contributed by atoms with E-state index in [1.54, 1.807) is 0 Å². The minimum atomic E-state index is -0.300. The third kappa shape index (κ3) is 1.96. The highest BCUT2D eigenvalue weighted by molar-refractivity contribution is 5.99. The van der Waals surface area contributed by atoms with Crippen LogP contribution >= 0.6 is 0 Å². The highest BCUT2D eigenvalue weighted by Gasteiger charge is 2.71. The highest BCUT2D eigenvalue weighted by atomic mass is 16.2. The summed E-state index contributed by atoms with van der Waals surface area (Å²) in [4.78, 5) is 26.1. The maximum absolute atomic E-state index is 13.1. The molecule has 1 amide bonds. The van der Waals surface area contributed by atoms with Gasteiger partial charge in [0.25, 0.3) is 0 Å². The molecule has 24 heavy (non-hydrogen) atoms. The molecule has 0 bridgehead atoms. The molecule has 3 fully saturated rings. The monoisotopic (exact) mass is 329 g/mol. The second-order valence-electron chi connectivity index (χ2n) is 9.17.